The van der Waals surface area contributed by atoms with Crippen LogP contribution in [0.2, 0.25) is 0 Å². The number of aliphatic hydroxyl groups excluding tert-OH is 1. The molecule has 0 fully saturated rings. The lowest BCUT2D eigenvalue weighted by atomic mass is 9.81. The van der Waals surface area contributed by atoms with Crippen LogP contribution in [0.3, 0.4) is 0 Å². The molecule has 0 amide bonds. The number of benzene rings is 3. The van der Waals surface area contributed by atoms with Gasteiger partial charge < -0.3 is 15.3 Å². The lowest BCUT2D eigenvalue weighted by molar-refractivity contribution is 0.0974. The number of fused-ring (bicyclic) bond motifs is 3. The number of hydrogen-bond donors (Lipinski definition) is 3. The molecule has 0 aromatic heterocycles. The molecule has 1 aliphatic carbocycles. The predicted octanol–water partition coefficient (Wildman–Crippen LogP) is 3.58. The number of carbonyl (C=O) groups is 2. The van der Waals surface area contributed by atoms with Gasteiger partial charge in [-0.1, -0.05) is 0 Å². The molecule has 0 heterocycles. The van der Waals surface area contributed by atoms with Gasteiger partial charge in [0.1, 0.15) is 11.5 Å². The van der Waals surface area contributed by atoms with Crippen LogP contribution in [0.15, 0.2) is 24.3 Å². The second-order valence-electron chi connectivity index (χ2n) is 6.05. The van der Waals surface area contributed by atoms with Gasteiger partial charge >= 0.3 is 0 Å². The quantitative estimate of drug-likeness (QED) is 0.305. The molecule has 0 saturated heterocycles. The topological polar surface area (TPSA) is 94.8 Å². The Hall–Kier alpha value is -3.46. The Balaban J connectivity index is 0.000000755. The van der Waals surface area contributed by atoms with Crippen LogP contribution in [0.5, 0.6) is 11.5 Å². The monoisotopic (exact) mass is 408 g/mol. The number of aromatic hydroxyl groups is 2. The Morgan fingerprint density at radius 1 is 0.690 bits per heavy atom. The third kappa shape index (κ3) is 2.99. The smallest absolute Gasteiger partial charge is 0.198 e. The van der Waals surface area contributed by atoms with Crippen LogP contribution in [-0.4, -0.2) is 33.5 Å². The van der Waals surface area contributed by atoms with Crippen LogP contribution >= 0.6 is 0 Å². The largest absolute Gasteiger partial charge is 0.506 e. The van der Waals surface area contributed by atoms with Gasteiger partial charge in [-0.3, -0.25) is 9.59 Å². The highest BCUT2D eigenvalue weighted by Crippen LogP contribution is 2.45. The summed E-state index contributed by atoms with van der Waals surface area (Å²) in [5, 5.41) is 27.4. The van der Waals surface area contributed by atoms with E-state index in [1.54, 1.807) is 6.92 Å². The molecule has 0 unspecified atom stereocenters. The minimum atomic E-state index is -1.38. The third-order valence-electron chi connectivity index (χ3n) is 4.30. The first-order valence-electron chi connectivity index (χ1n) is 8.19. The maximum absolute atomic E-state index is 13.5. The SMILES string of the molecule is CCO.O=C1c2cc(F)c(F)cc2C(=O)c2c1c(O)c1cc(F)c(F)cc1c2O. The van der Waals surface area contributed by atoms with E-state index in [0.717, 1.165) is 0 Å². The zero-order valence-electron chi connectivity index (χ0n) is 14.7. The molecule has 0 bridgehead atoms. The van der Waals surface area contributed by atoms with Crippen molar-refractivity contribution in [3.63, 3.8) is 0 Å². The maximum Gasteiger partial charge on any atom is 0.198 e. The van der Waals surface area contributed by atoms with Crippen LogP contribution in [-0.2, 0) is 0 Å². The van der Waals surface area contributed by atoms with Crippen molar-refractivity contribution in [2.75, 3.05) is 6.61 Å². The molecular formula is C20H12F4O5. The minimum absolute atomic E-state index is 0.250. The molecular weight excluding hydrogens is 396 g/mol. The molecule has 5 nitrogen and oxygen atoms in total. The average Bonchev–Trinajstić information content (AvgIpc) is 2.66. The fourth-order valence-electron chi connectivity index (χ4n) is 3.08. The fourth-order valence-corrected chi connectivity index (χ4v) is 3.08. The number of aliphatic hydroxyl groups is 1. The van der Waals surface area contributed by atoms with E-state index >= 15 is 0 Å². The number of halogens is 4. The highest BCUT2D eigenvalue weighted by molar-refractivity contribution is 6.32. The highest BCUT2D eigenvalue weighted by Gasteiger charge is 2.37. The molecule has 0 aliphatic heterocycles. The zero-order valence-corrected chi connectivity index (χ0v) is 14.7. The summed E-state index contributed by atoms with van der Waals surface area (Å²) < 4.78 is 53.9. The predicted molar refractivity (Wildman–Crippen MR) is 93.2 cm³/mol. The summed E-state index contributed by atoms with van der Waals surface area (Å²) in [6.07, 6.45) is 0. The van der Waals surface area contributed by atoms with Crippen molar-refractivity contribution in [2.24, 2.45) is 0 Å². The van der Waals surface area contributed by atoms with Gasteiger partial charge in [0.05, 0.1) is 11.1 Å². The molecule has 0 radical (unpaired) electrons. The van der Waals surface area contributed by atoms with E-state index in [9.17, 15) is 37.4 Å². The van der Waals surface area contributed by atoms with E-state index in [1.165, 1.54) is 0 Å². The van der Waals surface area contributed by atoms with Crippen molar-refractivity contribution >= 4 is 22.3 Å². The van der Waals surface area contributed by atoms with Crippen molar-refractivity contribution in [3.8, 4) is 11.5 Å². The van der Waals surface area contributed by atoms with Crippen LogP contribution in [0.1, 0.15) is 38.8 Å². The lowest BCUT2D eigenvalue weighted by Crippen LogP contribution is -2.22. The number of phenols is 2. The molecule has 1 aliphatic rings. The van der Waals surface area contributed by atoms with Gasteiger partial charge in [-0.15, -0.1) is 0 Å². The average molecular weight is 408 g/mol. The maximum atomic E-state index is 13.5. The summed E-state index contributed by atoms with van der Waals surface area (Å²) >= 11 is 0. The van der Waals surface area contributed by atoms with Crippen LogP contribution < -0.4 is 0 Å². The molecule has 3 N–H and O–H groups in total. The normalized spacial score (nSPS) is 12.3. The van der Waals surface area contributed by atoms with Crippen molar-refractivity contribution in [1.82, 2.24) is 0 Å². The van der Waals surface area contributed by atoms with E-state index in [0.29, 0.717) is 24.3 Å². The van der Waals surface area contributed by atoms with Crippen molar-refractivity contribution in [1.29, 1.82) is 0 Å². The molecule has 3 aromatic carbocycles. The summed E-state index contributed by atoms with van der Waals surface area (Å²) in [5.41, 5.74) is -2.41. The second kappa shape index (κ2) is 7.17. The van der Waals surface area contributed by atoms with Gasteiger partial charge in [0.15, 0.2) is 34.8 Å². The Morgan fingerprint density at radius 2 is 0.966 bits per heavy atom. The molecule has 0 saturated carbocycles. The zero-order chi connectivity index (χ0) is 21.6. The fraction of sp³-hybridized carbons (Fsp3) is 0.100. The van der Waals surface area contributed by atoms with Gasteiger partial charge in [0.25, 0.3) is 0 Å². The highest BCUT2D eigenvalue weighted by atomic mass is 19.2. The number of rotatable bonds is 0. The van der Waals surface area contributed by atoms with Gasteiger partial charge in [-0.25, -0.2) is 17.6 Å². The summed E-state index contributed by atoms with van der Waals surface area (Å²) in [6.45, 7) is 1.93. The molecule has 150 valence electrons. The molecule has 0 atom stereocenters. The molecule has 4 rings (SSSR count). The van der Waals surface area contributed by atoms with E-state index in [4.69, 9.17) is 5.11 Å². The molecule has 0 spiro atoms. The second-order valence-corrected chi connectivity index (χ2v) is 6.05. The standard InChI is InChI=1S/C18H6F4O4.C2H6O/c19-9-1-5-6(2-10(9)20)16(24)14-13(15(5)23)17(25)7-3-11(21)12(22)4-8(7)18(14)26;1-2-3/h1-4,23-24H;3H,2H2,1H3. The number of carbonyl (C=O) groups excluding carboxylic acids is 2. The molecule has 29 heavy (non-hydrogen) atoms. The number of hydrogen-bond acceptors (Lipinski definition) is 5. The van der Waals surface area contributed by atoms with E-state index in [-0.39, 0.29) is 6.61 Å². The Labute approximate surface area is 160 Å². The van der Waals surface area contributed by atoms with Crippen molar-refractivity contribution < 1.29 is 42.5 Å². The number of ketones is 2. The Morgan fingerprint density at radius 3 is 1.28 bits per heavy atom. The van der Waals surface area contributed by atoms with Crippen LogP contribution in [0, 0.1) is 23.3 Å². The minimum Gasteiger partial charge on any atom is -0.506 e. The first-order valence-corrected chi connectivity index (χ1v) is 8.19. The van der Waals surface area contributed by atoms with Gasteiger partial charge in [0.2, 0.25) is 0 Å². The first kappa shape index (κ1) is 20.3. The lowest BCUT2D eigenvalue weighted by Gasteiger charge is -2.21. The number of phenolic OH excluding ortho intramolecular Hbond substituents is 2. The molecule has 9 heteroatoms. The summed E-state index contributed by atoms with van der Waals surface area (Å²) in [6, 6.07) is 2.11. The van der Waals surface area contributed by atoms with E-state index in [1.807, 2.05) is 0 Å². The summed E-state index contributed by atoms with van der Waals surface area (Å²) in [5.74, 6) is -9.34. The third-order valence-corrected chi connectivity index (χ3v) is 4.30. The van der Waals surface area contributed by atoms with Crippen molar-refractivity contribution in [2.45, 2.75) is 6.92 Å². The molecule has 3 aromatic rings. The first-order chi connectivity index (χ1) is 13.6. The van der Waals surface area contributed by atoms with Gasteiger partial charge in [0, 0.05) is 28.5 Å². The summed E-state index contributed by atoms with van der Waals surface area (Å²) in [7, 11) is 0. The van der Waals surface area contributed by atoms with Crippen molar-refractivity contribution in [3.05, 3.63) is 69.8 Å². The van der Waals surface area contributed by atoms with Gasteiger partial charge in [-0.2, -0.15) is 0 Å². The van der Waals surface area contributed by atoms with E-state index < -0.39 is 79.4 Å². The summed E-state index contributed by atoms with van der Waals surface area (Å²) in [4.78, 5) is 25.2. The Kier molecular flexibility index (Phi) is 5.02. The van der Waals surface area contributed by atoms with Crippen LogP contribution in [0.4, 0.5) is 17.6 Å². The Bertz CT molecular complexity index is 1110. The van der Waals surface area contributed by atoms with E-state index in [2.05, 4.69) is 0 Å². The van der Waals surface area contributed by atoms with Crippen LogP contribution in [0.25, 0.3) is 10.8 Å². The van der Waals surface area contributed by atoms with Gasteiger partial charge in [-0.05, 0) is 31.2 Å².